The molecule has 30 heavy (non-hydrogen) atoms. The molecule has 2 aliphatic rings. The fourth-order valence-electron chi connectivity index (χ4n) is 4.54. The molecule has 4 rings (SSSR count). The second-order valence-corrected chi connectivity index (χ2v) is 8.42. The smallest absolute Gasteiger partial charge is 0.124 e. The van der Waals surface area contributed by atoms with Gasteiger partial charge >= 0.3 is 0 Å². The summed E-state index contributed by atoms with van der Waals surface area (Å²) in [5.41, 5.74) is 2.52. The average molecular weight is 410 g/mol. The highest BCUT2D eigenvalue weighted by molar-refractivity contribution is 5.42. The van der Waals surface area contributed by atoms with E-state index < -0.39 is 0 Å². The van der Waals surface area contributed by atoms with Gasteiger partial charge in [0.05, 0.1) is 6.10 Å². The second-order valence-electron chi connectivity index (χ2n) is 8.42. The monoisotopic (exact) mass is 409 g/mol. The highest BCUT2D eigenvalue weighted by atomic mass is 16.5. The number of ether oxygens (including phenoxy) is 3. The molecule has 1 aliphatic carbocycles. The first-order valence-electron chi connectivity index (χ1n) is 11.6. The minimum absolute atomic E-state index is 0.154. The number of hydrogen-bond acceptors (Lipinski definition) is 4. The largest absolute Gasteiger partial charge is 0.490 e. The van der Waals surface area contributed by atoms with Crippen molar-refractivity contribution < 1.29 is 14.2 Å². The molecular weight excluding hydrogens is 374 g/mol. The predicted octanol–water partition coefficient (Wildman–Crippen LogP) is 5.46. The summed E-state index contributed by atoms with van der Waals surface area (Å²) >= 11 is 0. The minimum atomic E-state index is 0.154. The van der Waals surface area contributed by atoms with Crippen LogP contribution < -0.4 is 14.8 Å². The van der Waals surface area contributed by atoms with Gasteiger partial charge in [-0.2, -0.15) is 0 Å². The Bertz CT molecular complexity index is 771. The van der Waals surface area contributed by atoms with Gasteiger partial charge in [0.1, 0.15) is 17.6 Å². The summed E-state index contributed by atoms with van der Waals surface area (Å²) in [6.45, 7) is 4.76. The van der Waals surface area contributed by atoms with E-state index in [0.717, 1.165) is 63.4 Å². The van der Waals surface area contributed by atoms with Crippen LogP contribution in [0.2, 0.25) is 0 Å². The molecule has 2 aromatic carbocycles. The molecule has 1 unspecified atom stereocenters. The van der Waals surface area contributed by atoms with Crippen LogP contribution in [0, 0.1) is 0 Å². The Labute approximate surface area is 180 Å². The maximum atomic E-state index is 6.34. The average Bonchev–Trinajstić information content (AvgIpc) is 2.80. The second kappa shape index (κ2) is 10.8. The van der Waals surface area contributed by atoms with Crippen LogP contribution in [0.25, 0.3) is 0 Å². The fraction of sp³-hybridized carbons (Fsp3) is 0.538. The van der Waals surface area contributed by atoms with Crippen LogP contribution >= 0.6 is 0 Å². The van der Waals surface area contributed by atoms with Crippen LogP contribution in [0.5, 0.6) is 11.5 Å². The summed E-state index contributed by atoms with van der Waals surface area (Å²) < 4.78 is 18.0. The quantitative estimate of drug-likeness (QED) is 0.558. The lowest BCUT2D eigenvalue weighted by Crippen LogP contribution is -2.37. The van der Waals surface area contributed by atoms with Crippen molar-refractivity contribution in [3.05, 3.63) is 59.7 Å². The number of benzene rings is 2. The molecule has 1 fully saturated rings. The summed E-state index contributed by atoms with van der Waals surface area (Å²) in [4.78, 5) is 0. The molecule has 0 saturated heterocycles. The molecule has 2 aromatic rings. The van der Waals surface area contributed by atoms with Crippen LogP contribution in [-0.4, -0.2) is 31.9 Å². The van der Waals surface area contributed by atoms with E-state index in [-0.39, 0.29) is 6.10 Å². The molecular formula is C26H35NO3. The topological polar surface area (TPSA) is 39.7 Å². The van der Waals surface area contributed by atoms with Gasteiger partial charge < -0.3 is 19.5 Å². The van der Waals surface area contributed by atoms with Gasteiger partial charge in [-0.15, -0.1) is 0 Å². The normalized spacial score (nSPS) is 23.4. The Morgan fingerprint density at radius 3 is 2.63 bits per heavy atom. The van der Waals surface area contributed by atoms with Gasteiger partial charge in [-0.3, -0.25) is 0 Å². The molecule has 0 aromatic heterocycles. The number of hydrogen-bond donors (Lipinski definition) is 1. The number of aryl methyl sites for hydroxylation is 1. The summed E-state index contributed by atoms with van der Waals surface area (Å²) in [5, 5.41) is 3.67. The molecule has 162 valence electrons. The van der Waals surface area contributed by atoms with Crippen molar-refractivity contribution in [1.29, 1.82) is 0 Å². The van der Waals surface area contributed by atoms with E-state index in [1.165, 1.54) is 24.0 Å². The SMILES string of the molecule is CCOCCCNC1CCC(Oc2ccc3c(c2)CCC(c2ccccc2)O3)CC1. The number of rotatable bonds is 9. The molecule has 1 N–H and O–H groups in total. The van der Waals surface area contributed by atoms with Crippen LogP contribution in [0.4, 0.5) is 0 Å². The molecule has 1 saturated carbocycles. The number of nitrogens with one attached hydrogen (secondary N) is 1. The third kappa shape index (κ3) is 5.77. The van der Waals surface area contributed by atoms with Gasteiger partial charge in [-0.25, -0.2) is 0 Å². The first kappa shape index (κ1) is 21.2. The summed E-state index contributed by atoms with van der Waals surface area (Å²) in [6.07, 6.45) is 8.22. The maximum absolute atomic E-state index is 6.34. The fourth-order valence-corrected chi connectivity index (χ4v) is 4.54. The van der Waals surface area contributed by atoms with Crippen LogP contribution in [0.1, 0.15) is 62.7 Å². The molecule has 1 aliphatic heterocycles. The van der Waals surface area contributed by atoms with Crippen molar-refractivity contribution in [2.24, 2.45) is 0 Å². The lowest BCUT2D eigenvalue weighted by Gasteiger charge is -2.30. The summed E-state index contributed by atoms with van der Waals surface area (Å²) in [5.74, 6) is 1.99. The first-order valence-corrected chi connectivity index (χ1v) is 11.6. The Morgan fingerprint density at radius 1 is 1.00 bits per heavy atom. The van der Waals surface area contributed by atoms with Crippen molar-refractivity contribution in [3.8, 4) is 11.5 Å². The standard InChI is InChI=1S/C26H35NO3/c1-2-28-18-6-17-27-22-10-12-23(13-11-22)29-24-14-16-26-21(19-24)9-15-25(30-26)20-7-4-3-5-8-20/h3-5,7-8,14,16,19,22-23,25,27H,2,6,9-13,15,17-18H2,1H3. The molecule has 0 bridgehead atoms. The van der Waals surface area contributed by atoms with Gasteiger partial charge in [-0.1, -0.05) is 30.3 Å². The Morgan fingerprint density at radius 2 is 1.83 bits per heavy atom. The summed E-state index contributed by atoms with van der Waals surface area (Å²) in [7, 11) is 0. The van der Waals surface area contributed by atoms with Crippen LogP contribution in [0.15, 0.2) is 48.5 Å². The maximum Gasteiger partial charge on any atom is 0.124 e. The van der Waals surface area contributed by atoms with Crippen molar-refractivity contribution in [2.45, 2.75) is 70.1 Å². The van der Waals surface area contributed by atoms with E-state index in [1.807, 2.05) is 6.92 Å². The first-order chi connectivity index (χ1) is 14.8. The lowest BCUT2D eigenvalue weighted by atomic mass is 9.92. The van der Waals surface area contributed by atoms with Gasteiger partial charge in [0.2, 0.25) is 0 Å². The van der Waals surface area contributed by atoms with E-state index in [2.05, 4.69) is 53.8 Å². The zero-order chi connectivity index (χ0) is 20.6. The Balaban J connectivity index is 1.23. The van der Waals surface area contributed by atoms with Crippen LogP contribution in [-0.2, 0) is 11.2 Å². The Kier molecular flexibility index (Phi) is 7.65. The van der Waals surface area contributed by atoms with E-state index in [4.69, 9.17) is 14.2 Å². The van der Waals surface area contributed by atoms with Gasteiger partial charge in [-0.05, 0) is 87.7 Å². The molecule has 1 heterocycles. The minimum Gasteiger partial charge on any atom is -0.490 e. The predicted molar refractivity (Wildman–Crippen MR) is 120 cm³/mol. The molecule has 1 atom stereocenters. The molecule has 4 nitrogen and oxygen atoms in total. The molecule has 0 amide bonds. The molecule has 0 radical (unpaired) electrons. The zero-order valence-corrected chi connectivity index (χ0v) is 18.1. The lowest BCUT2D eigenvalue weighted by molar-refractivity contribution is 0.131. The van der Waals surface area contributed by atoms with Crippen molar-refractivity contribution in [1.82, 2.24) is 5.32 Å². The van der Waals surface area contributed by atoms with E-state index in [1.54, 1.807) is 0 Å². The highest BCUT2D eigenvalue weighted by Crippen LogP contribution is 2.37. The van der Waals surface area contributed by atoms with Crippen LogP contribution in [0.3, 0.4) is 0 Å². The van der Waals surface area contributed by atoms with Gasteiger partial charge in [0.15, 0.2) is 0 Å². The third-order valence-corrected chi connectivity index (χ3v) is 6.23. The van der Waals surface area contributed by atoms with Gasteiger partial charge in [0, 0.05) is 19.3 Å². The van der Waals surface area contributed by atoms with E-state index in [9.17, 15) is 0 Å². The molecule has 4 heteroatoms. The molecule has 0 spiro atoms. The van der Waals surface area contributed by atoms with Crippen molar-refractivity contribution in [3.63, 3.8) is 0 Å². The van der Waals surface area contributed by atoms with E-state index in [0.29, 0.717) is 12.1 Å². The number of fused-ring (bicyclic) bond motifs is 1. The van der Waals surface area contributed by atoms with Gasteiger partial charge in [0.25, 0.3) is 0 Å². The van der Waals surface area contributed by atoms with E-state index >= 15 is 0 Å². The highest BCUT2D eigenvalue weighted by Gasteiger charge is 2.24. The summed E-state index contributed by atoms with van der Waals surface area (Å²) in [6, 6.07) is 17.5. The van der Waals surface area contributed by atoms with Crippen molar-refractivity contribution >= 4 is 0 Å². The zero-order valence-electron chi connectivity index (χ0n) is 18.1. The third-order valence-electron chi connectivity index (χ3n) is 6.23. The Hall–Kier alpha value is -2.04. The van der Waals surface area contributed by atoms with Crippen molar-refractivity contribution in [2.75, 3.05) is 19.8 Å².